The minimum atomic E-state index is -0.539. The van der Waals surface area contributed by atoms with Crippen molar-refractivity contribution in [2.24, 2.45) is 5.73 Å². The van der Waals surface area contributed by atoms with Crippen molar-refractivity contribution < 1.29 is 14.3 Å². The molecule has 5 nitrogen and oxygen atoms in total. The second-order valence-corrected chi connectivity index (χ2v) is 3.28. The Morgan fingerprint density at radius 2 is 2.19 bits per heavy atom. The van der Waals surface area contributed by atoms with Crippen molar-refractivity contribution in [3.05, 3.63) is 24.3 Å². The molecular weight excluding hydrogens is 208 g/mol. The van der Waals surface area contributed by atoms with Gasteiger partial charge in [0.15, 0.2) is 0 Å². The number of ether oxygens (including phenoxy) is 2. The highest BCUT2D eigenvalue weighted by atomic mass is 16.6. The van der Waals surface area contributed by atoms with Crippen LogP contribution in [0.3, 0.4) is 0 Å². The molecule has 0 saturated heterocycles. The zero-order valence-electron chi connectivity index (χ0n) is 9.40. The van der Waals surface area contributed by atoms with E-state index in [0.29, 0.717) is 18.0 Å². The van der Waals surface area contributed by atoms with Gasteiger partial charge in [-0.1, -0.05) is 12.1 Å². The van der Waals surface area contributed by atoms with Crippen LogP contribution in [0.15, 0.2) is 24.3 Å². The Labute approximate surface area is 94.5 Å². The number of amides is 1. The van der Waals surface area contributed by atoms with E-state index in [1.807, 2.05) is 6.07 Å². The molecule has 1 unspecified atom stereocenters. The Hall–Kier alpha value is -1.75. The van der Waals surface area contributed by atoms with Gasteiger partial charge in [0, 0.05) is 6.54 Å². The molecule has 5 heteroatoms. The first-order valence-corrected chi connectivity index (χ1v) is 4.98. The number of carbonyl (C=O) groups excluding carboxylic acids is 1. The van der Waals surface area contributed by atoms with Crippen molar-refractivity contribution in [1.82, 2.24) is 0 Å². The molecule has 16 heavy (non-hydrogen) atoms. The summed E-state index contributed by atoms with van der Waals surface area (Å²) in [5, 5.41) is 2.58. The number of carbonyl (C=O) groups is 1. The number of benzene rings is 1. The van der Waals surface area contributed by atoms with Crippen LogP contribution in [0.5, 0.6) is 5.75 Å². The van der Waals surface area contributed by atoms with Crippen LogP contribution in [0.2, 0.25) is 0 Å². The summed E-state index contributed by atoms with van der Waals surface area (Å²) < 4.78 is 10.1. The normalized spacial score (nSPS) is 11.7. The van der Waals surface area contributed by atoms with Gasteiger partial charge in [0.25, 0.3) is 0 Å². The number of nitrogens with one attached hydrogen (secondary N) is 1. The van der Waals surface area contributed by atoms with Crippen LogP contribution in [0.4, 0.5) is 10.5 Å². The third kappa shape index (κ3) is 3.43. The standard InChI is InChI=1S/C11H16N2O3/c1-8(7-12)16-11(14)13-9-5-3-4-6-10(9)15-2/h3-6,8H,7,12H2,1-2H3,(H,13,14). The van der Waals surface area contributed by atoms with Crippen LogP contribution in [0, 0.1) is 0 Å². The van der Waals surface area contributed by atoms with Crippen molar-refractivity contribution in [2.45, 2.75) is 13.0 Å². The van der Waals surface area contributed by atoms with Crippen molar-refractivity contribution in [3.63, 3.8) is 0 Å². The molecule has 0 radical (unpaired) electrons. The van der Waals surface area contributed by atoms with E-state index in [-0.39, 0.29) is 6.10 Å². The van der Waals surface area contributed by atoms with Crippen LogP contribution in [-0.4, -0.2) is 25.9 Å². The third-order valence-corrected chi connectivity index (χ3v) is 1.98. The number of para-hydroxylation sites is 2. The molecular formula is C11H16N2O3. The zero-order chi connectivity index (χ0) is 12.0. The zero-order valence-corrected chi connectivity index (χ0v) is 9.40. The fraction of sp³-hybridized carbons (Fsp3) is 0.364. The lowest BCUT2D eigenvalue weighted by Gasteiger charge is -2.13. The lowest BCUT2D eigenvalue weighted by Crippen LogP contribution is -2.26. The maximum absolute atomic E-state index is 11.4. The first-order valence-electron chi connectivity index (χ1n) is 4.98. The summed E-state index contributed by atoms with van der Waals surface area (Å²) in [6, 6.07) is 7.09. The molecule has 0 fully saturated rings. The second kappa shape index (κ2) is 5.97. The number of anilines is 1. The molecule has 1 amide bonds. The van der Waals surface area contributed by atoms with Gasteiger partial charge in [0.1, 0.15) is 11.9 Å². The van der Waals surface area contributed by atoms with E-state index in [9.17, 15) is 4.79 Å². The summed E-state index contributed by atoms with van der Waals surface area (Å²) in [6.45, 7) is 2.02. The van der Waals surface area contributed by atoms with Gasteiger partial charge in [-0.2, -0.15) is 0 Å². The minimum Gasteiger partial charge on any atom is -0.495 e. The monoisotopic (exact) mass is 224 g/mol. The van der Waals surface area contributed by atoms with Gasteiger partial charge in [-0.05, 0) is 19.1 Å². The molecule has 1 aromatic carbocycles. The summed E-state index contributed by atoms with van der Waals surface area (Å²) in [5.41, 5.74) is 5.91. The number of hydrogen-bond acceptors (Lipinski definition) is 4. The third-order valence-electron chi connectivity index (χ3n) is 1.98. The molecule has 1 aromatic rings. The molecule has 0 aliphatic heterocycles. The molecule has 3 N–H and O–H groups in total. The maximum Gasteiger partial charge on any atom is 0.412 e. The summed E-state index contributed by atoms with van der Waals surface area (Å²) in [4.78, 5) is 11.4. The molecule has 0 heterocycles. The molecule has 0 bridgehead atoms. The molecule has 0 aliphatic carbocycles. The van der Waals surface area contributed by atoms with Crippen LogP contribution >= 0.6 is 0 Å². The first-order chi connectivity index (χ1) is 7.67. The van der Waals surface area contributed by atoms with Gasteiger partial charge in [-0.25, -0.2) is 4.79 Å². The number of methoxy groups -OCH3 is 1. The number of rotatable bonds is 4. The van der Waals surface area contributed by atoms with E-state index in [1.54, 1.807) is 25.1 Å². The van der Waals surface area contributed by atoms with Crippen LogP contribution in [0.1, 0.15) is 6.92 Å². The Balaban J connectivity index is 2.62. The van der Waals surface area contributed by atoms with Crippen LogP contribution in [0.25, 0.3) is 0 Å². The molecule has 0 aliphatic rings. The number of hydrogen-bond donors (Lipinski definition) is 2. The largest absolute Gasteiger partial charge is 0.495 e. The summed E-state index contributed by atoms with van der Waals surface area (Å²) in [5.74, 6) is 0.583. The Morgan fingerprint density at radius 3 is 2.81 bits per heavy atom. The van der Waals surface area contributed by atoms with Gasteiger partial charge in [-0.15, -0.1) is 0 Å². The van der Waals surface area contributed by atoms with Gasteiger partial charge in [-0.3, -0.25) is 5.32 Å². The van der Waals surface area contributed by atoms with E-state index >= 15 is 0 Å². The number of nitrogens with two attached hydrogens (primary N) is 1. The van der Waals surface area contributed by atoms with Crippen LogP contribution in [-0.2, 0) is 4.74 Å². The summed E-state index contributed by atoms with van der Waals surface area (Å²) >= 11 is 0. The van der Waals surface area contributed by atoms with Crippen molar-refractivity contribution in [3.8, 4) is 5.75 Å². The smallest absolute Gasteiger partial charge is 0.412 e. The average molecular weight is 224 g/mol. The Morgan fingerprint density at radius 1 is 1.50 bits per heavy atom. The lowest BCUT2D eigenvalue weighted by atomic mass is 10.3. The molecule has 88 valence electrons. The topological polar surface area (TPSA) is 73.6 Å². The SMILES string of the molecule is COc1ccccc1NC(=O)OC(C)CN. The first kappa shape index (κ1) is 12.3. The highest BCUT2D eigenvalue weighted by Gasteiger charge is 2.10. The molecule has 0 saturated carbocycles. The minimum absolute atomic E-state index is 0.291. The van der Waals surface area contributed by atoms with E-state index in [4.69, 9.17) is 15.2 Å². The Bertz CT molecular complexity index is 355. The average Bonchev–Trinajstić information content (AvgIpc) is 2.29. The fourth-order valence-corrected chi connectivity index (χ4v) is 1.12. The lowest BCUT2D eigenvalue weighted by molar-refractivity contribution is 0.124. The predicted octanol–water partition coefficient (Wildman–Crippen LogP) is 1.59. The molecule has 0 spiro atoms. The summed E-state index contributed by atoms with van der Waals surface area (Å²) in [6.07, 6.45) is -0.850. The highest BCUT2D eigenvalue weighted by Crippen LogP contribution is 2.23. The van der Waals surface area contributed by atoms with Crippen LogP contribution < -0.4 is 15.8 Å². The quantitative estimate of drug-likeness (QED) is 0.814. The fourth-order valence-electron chi connectivity index (χ4n) is 1.12. The van der Waals surface area contributed by atoms with Crippen molar-refractivity contribution >= 4 is 11.8 Å². The molecule has 1 atom stereocenters. The second-order valence-electron chi connectivity index (χ2n) is 3.28. The summed E-state index contributed by atoms with van der Waals surface area (Å²) in [7, 11) is 1.54. The Kier molecular flexibility index (Phi) is 4.60. The predicted molar refractivity (Wildman–Crippen MR) is 61.6 cm³/mol. The highest BCUT2D eigenvalue weighted by molar-refractivity contribution is 5.86. The molecule has 0 aromatic heterocycles. The van der Waals surface area contributed by atoms with Gasteiger partial charge in [0.2, 0.25) is 0 Å². The van der Waals surface area contributed by atoms with Gasteiger partial charge >= 0.3 is 6.09 Å². The van der Waals surface area contributed by atoms with Crippen molar-refractivity contribution in [1.29, 1.82) is 0 Å². The van der Waals surface area contributed by atoms with Gasteiger partial charge < -0.3 is 15.2 Å². The van der Waals surface area contributed by atoms with E-state index in [0.717, 1.165) is 0 Å². The van der Waals surface area contributed by atoms with Gasteiger partial charge in [0.05, 0.1) is 12.8 Å². The molecule has 1 rings (SSSR count). The van der Waals surface area contributed by atoms with E-state index in [1.165, 1.54) is 7.11 Å². The van der Waals surface area contributed by atoms with Crippen molar-refractivity contribution in [2.75, 3.05) is 19.0 Å². The van der Waals surface area contributed by atoms with E-state index in [2.05, 4.69) is 5.32 Å². The maximum atomic E-state index is 11.4. The van der Waals surface area contributed by atoms with E-state index < -0.39 is 6.09 Å².